The molecule has 0 spiro atoms. The maximum atomic E-state index is 14.0. The normalized spacial score (nSPS) is 12.9. The van der Waals surface area contributed by atoms with E-state index in [1.54, 1.807) is 20.4 Å². The van der Waals surface area contributed by atoms with E-state index in [-0.39, 0.29) is 6.04 Å². The summed E-state index contributed by atoms with van der Waals surface area (Å²) in [5, 5.41) is 14.3. The number of guanidine groups is 1. The van der Waals surface area contributed by atoms with E-state index in [9.17, 15) is 8.78 Å². The fourth-order valence-electron chi connectivity index (χ4n) is 2.57. The number of hydrogen-bond acceptors (Lipinski definition) is 4. The monoisotopic (exact) mass is 380 g/mol. The van der Waals surface area contributed by atoms with Gasteiger partial charge in [-0.2, -0.15) is 0 Å². The van der Waals surface area contributed by atoms with Crippen LogP contribution >= 0.6 is 0 Å². The second-order valence-corrected chi connectivity index (χ2v) is 5.98. The molecule has 2 aromatic rings. The number of aryl methyl sites for hydroxylation is 1. The third kappa shape index (κ3) is 6.28. The van der Waals surface area contributed by atoms with Crippen LogP contribution in [0, 0.1) is 11.6 Å². The van der Waals surface area contributed by atoms with E-state index in [0.717, 1.165) is 18.3 Å². The molecule has 0 aliphatic carbocycles. The molecule has 148 valence electrons. The Balaban J connectivity index is 1.99. The molecule has 0 amide bonds. The molecule has 0 saturated heterocycles. The Labute approximate surface area is 157 Å². The first-order chi connectivity index (χ1) is 13.0. The fourth-order valence-corrected chi connectivity index (χ4v) is 2.57. The topological polar surface area (TPSA) is 76.4 Å². The van der Waals surface area contributed by atoms with Crippen molar-refractivity contribution in [3.05, 3.63) is 47.5 Å². The van der Waals surface area contributed by atoms with Crippen molar-refractivity contribution in [3.63, 3.8) is 0 Å². The molecule has 0 fully saturated rings. The van der Waals surface area contributed by atoms with Gasteiger partial charge in [-0.1, -0.05) is 13.0 Å². The lowest BCUT2D eigenvalue weighted by Crippen LogP contribution is -2.40. The molecule has 0 saturated carbocycles. The molecule has 0 aliphatic rings. The van der Waals surface area contributed by atoms with Crippen LogP contribution in [0.4, 0.5) is 8.78 Å². The minimum absolute atomic E-state index is 0.365. The third-order valence-corrected chi connectivity index (χ3v) is 4.00. The molecule has 9 heteroatoms. The van der Waals surface area contributed by atoms with E-state index in [2.05, 4.69) is 25.8 Å². The molecule has 27 heavy (non-hydrogen) atoms. The first-order valence-electron chi connectivity index (χ1n) is 8.90. The van der Waals surface area contributed by atoms with E-state index in [0.29, 0.717) is 37.8 Å². The first-order valence-corrected chi connectivity index (χ1v) is 8.90. The number of nitrogens with zero attached hydrogens (tertiary/aromatic N) is 4. The van der Waals surface area contributed by atoms with Crippen molar-refractivity contribution >= 4 is 5.96 Å². The smallest absolute Gasteiger partial charge is 0.191 e. The summed E-state index contributed by atoms with van der Waals surface area (Å²) < 4.78 is 34.1. The highest BCUT2D eigenvalue weighted by Crippen LogP contribution is 2.17. The second kappa shape index (κ2) is 10.6. The van der Waals surface area contributed by atoms with Gasteiger partial charge in [-0.25, -0.2) is 8.78 Å². The molecular formula is C18H26F2N6O. The van der Waals surface area contributed by atoms with Gasteiger partial charge in [0.1, 0.15) is 23.8 Å². The van der Waals surface area contributed by atoms with E-state index in [1.807, 2.05) is 11.5 Å². The van der Waals surface area contributed by atoms with E-state index in [4.69, 9.17) is 4.74 Å². The summed E-state index contributed by atoms with van der Waals surface area (Å²) in [5.41, 5.74) is 0.365. The Bertz CT molecular complexity index is 749. The predicted molar refractivity (Wildman–Crippen MR) is 99.5 cm³/mol. The van der Waals surface area contributed by atoms with Crippen LogP contribution in [-0.2, 0) is 17.7 Å². The zero-order valence-electron chi connectivity index (χ0n) is 15.9. The first kappa shape index (κ1) is 20.8. The summed E-state index contributed by atoms with van der Waals surface area (Å²) in [6.07, 6.45) is 2.49. The molecule has 1 heterocycles. The Hall–Kier alpha value is -2.55. The van der Waals surface area contributed by atoms with Crippen molar-refractivity contribution < 1.29 is 13.5 Å². The lowest BCUT2D eigenvalue weighted by atomic mass is 10.1. The average Bonchev–Trinajstić information content (AvgIpc) is 3.09. The van der Waals surface area contributed by atoms with Crippen LogP contribution in [0.5, 0.6) is 0 Å². The molecule has 2 rings (SSSR count). The molecule has 1 atom stereocenters. The highest BCUT2D eigenvalue weighted by atomic mass is 19.1. The van der Waals surface area contributed by atoms with E-state index < -0.39 is 11.6 Å². The van der Waals surface area contributed by atoms with Gasteiger partial charge in [-0.15, -0.1) is 10.2 Å². The van der Waals surface area contributed by atoms with Crippen molar-refractivity contribution in [1.82, 2.24) is 25.4 Å². The van der Waals surface area contributed by atoms with Crippen LogP contribution in [0.2, 0.25) is 0 Å². The molecule has 1 unspecified atom stereocenters. The maximum Gasteiger partial charge on any atom is 0.191 e. The average molecular weight is 380 g/mol. The van der Waals surface area contributed by atoms with Gasteiger partial charge >= 0.3 is 0 Å². The van der Waals surface area contributed by atoms with Gasteiger partial charge in [-0.3, -0.25) is 4.99 Å². The second-order valence-electron chi connectivity index (χ2n) is 5.98. The van der Waals surface area contributed by atoms with Crippen molar-refractivity contribution in [1.29, 1.82) is 0 Å². The summed E-state index contributed by atoms with van der Waals surface area (Å²) in [6, 6.07) is 3.16. The van der Waals surface area contributed by atoms with Gasteiger partial charge < -0.3 is 19.9 Å². The minimum atomic E-state index is -0.601. The number of aliphatic imine (C=N–C) groups is 1. The lowest BCUT2D eigenvalue weighted by molar-refractivity contribution is 0.208. The van der Waals surface area contributed by atoms with Crippen LogP contribution in [0.3, 0.4) is 0 Å². The minimum Gasteiger partial charge on any atom is -0.383 e. The van der Waals surface area contributed by atoms with Crippen molar-refractivity contribution in [3.8, 4) is 0 Å². The molecule has 1 aromatic carbocycles. The Morgan fingerprint density at radius 1 is 1.37 bits per heavy atom. The number of halogens is 2. The molecular weight excluding hydrogens is 354 g/mol. The zero-order chi connectivity index (χ0) is 19.6. The van der Waals surface area contributed by atoms with Gasteiger partial charge in [0.25, 0.3) is 0 Å². The van der Waals surface area contributed by atoms with Crippen LogP contribution in [-0.4, -0.2) is 47.5 Å². The fraction of sp³-hybridized carbons (Fsp3) is 0.500. The highest BCUT2D eigenvalue weighted by Gasteiger charge is 2.13. The van der Waals surface area contributed by atoms with E-state index >= 15 is 0 Å². The van der Waals surface area contributed by atoms with Crippen molar-refractivity contribution in [2.45, 2.75) is 32.9 Å². The molecule has 0 aliphatic heterocycles. The van der Waals surface area contributed by atoms with Crippen molar-refractivity contribution in [2.75, 3.05) is 26.8 Å². The maximum absolute atomic E-state index is 14.0. The highest BCUT2D eigenvalue weighted by molar-refractivity contribution is 5.80. The Morgan fingerprint density at radius 3 is 2.89 bits per heavy atom. The van der Waals surface area contributed by atoms with Crippen LogP contribution < -0.4 is 10.6 Å². The number of nitrogens with one attached hydrogen (secondary N) is 2. The van der Waals surface area contributed by atoms with Crippen LogP contribution in [0.1, 0.15) is 31.3 Å². The predicted octanol–water partition coefficient (Wildman–Crippen LogP) is 2.06. The Morgan fingerprint density at radius 2 is 2.19 bits per heavy atom. The number of hydrogen-bond donors (Lipinski definition) is 2. The van der Waals surface area contributed by atoms with Crippen molar-refractivity contribution in [2.24, 2.45) is 4.99 Å². The number of ether oxygens (including phenoxy) is 1. The molecule has 7 nitrogen and oxygen atoms in total. The molecule has 1 aromatic heterocycles. The molecule has 0 bridgehead atoms. The quantitative estimate of drug-likeness (QED) is 0.396. The zero-order valence-corrected chi connectivity index (χ0v) is 15.9. The summed E-state index contributed by atoms with van der Waals surface area (Å²) in [4.78, 5) is 4.42. The largest absolute Gasteiger partial charge is 0.383 e. The van der Waals surface area contributed by atoms with Gasteiger partial charge in [0.2, 0.25) is 0 Å². The summed E-state index contributed by atoms with van der Waals surface area (Å²) in [7, 11) is 1.60. The number of rotatable bonds is 9. The van der Waals surface area contributed by atoms with Crippen LogP contribution in [0.15, 0.2) is 29.5 Å². The number of benzene rings is 1. The number of aromatic nitrogens is 3. The lowest BCUT2D eigenvalue weighted by Gasteiger charge is -2.19. The molecule has 0 radical (unpaired) electrons. The Kier molecular flexibility index (Phi) is 8.12. The van der Waals surface area contributed by atoms with Crippen LogP contribution in [0.25, 0.3) is 0 Å². The number of methoxy groups -OCH3 is 1. The van der Waals surface area contributed by atoms with Gasteiger partial charge in [0.15, 0.2) is 5.96 Å². The summed E-state index contributed by atoms with van der Waals surface area (Å²) in [6.45, 7) is 5.99. The SMILES string of the molecule is CCc1nncn1CCNC(=NCCOC)NC(C)c1ccc(F)cc1F. The summed E-state index contributed by atoms with van der Waals surface area (Å²) in [5.74, 6) is 0.235. The standard InChI is InChI=1S/C18H26F2N6O/c1-4-17-25-23-12-26(17)9-7-21-18(22-8-10-27-3)24-13(2)15-6-5-14(19)11-16(15)20/h5-6,11-13H,4,7-10H2,1-3H3,(H2,21,22,24). The molecule has 2 N–H and O–H groups in total. The summed E-state index contributed by atoms with van der Waals surface area (Å²) >= 11 is 0. The third-order valence-electron chi connectivity index (χ3n) is 4.00. The van der Waals surface area contributed by atoms with Gasteiger partial charge in [0, 0.05) is 38.2 Å². The van der Waals surface area contributed by atoms with E-state index in [1.165, 1.54) is 12.1 Å². The van der Waals surface area contributed by atoms with Gasteiger partial charge in [0.05, 0.1) is 19.2 Å². The van der Waals surface area contributed by atoms with Gasteiger partial charge in [-0.05, 0) is 13.0 Å².